The first-order valence-electron chi connectivity index (χ1n) is 3.77. The molecular formula is C8H13N3S. The molecule has 0 fully saturated rings. The van der Waals surface area contributed by atoms with Crippen molar-refractivity contribution >= 4 is 12.6 Å². The summed E-state index contributed by atoms with van der Waals surface area (Å²) in [6.45, 7) is 1.97. The van der Waals surface area contributed by atoms with Crippen LogP contribution in [-0.2, 0) is 13.1 Å². The lowest BCUT2D eigenvalue weighted by Crippen LogP contribution is -2.07. The van der Waals surface area contributed by atoms with Crippen molar-refractivity contribution in [1.82, 2.24) is 14.9 Å². The van der Waals surface area contributed by atoms with E-state index in [2.05, 4.69) is 34.5 Å². The van der Waals surface area contributed by atoms with Crippen LogP contribution in [0.2, 0.25) is 0 Å². The van der Waals surface area contributed by atoms with Gasteiger partial charge in [0.25, 0.3) is 0 Å². The molecule has 2 heterocycles. The highest BCUT2D eigenvalue weighted by Gasteiger charge is 2.15. The van der Waals surface area contributed by atoms with Gasteiger partial charge in [-0.25, -0.2) is 9.97 Å². The highest BCUT2D eigenvalue weighted by molar-refractivity contribution is 7.79. The third-order valence-electron chi connectivity index (χ3n) is 1.74. The van der Waals surface area contributed by atoms with Gasteiger partial charge in [-0.2, -0.15) is 12.6 Å². The van der Waals surface area contributed by atoms with Crippen LogP contribution in [0.3, 0.4) is 0 Å². The van der Waals surface area contributed by atoms with E-state index < -0.39 is 0 Å². The Labute approximate surface area is 78.2 Å². The smallest absolute Gasteiger partial charge is 0.115 e. The van der Waals surface area contributed by atoms with Crippen LogP contribution in [0.4, 0.5) is 0 Å². The van der Waals surface area contributed by atoms with Gasteiger partial charge in [-0.15, -0.1) is 0 Å². The molecule has 0 saturated carbocycles. The lowest BCUT2D eigenvalue weighted by molar-refractivity contribution is 0.351. The molecule has 3 nitrogen and oxygen atoms in total. The molecule has 12 heavy (non-hydrogen) atoms. The Morgan fingerprint density at radius 1 is 1.42 bits per heavy atom. The molecule has 0 aliphatic carbocycles. The molecule has 0 atom stereocenters. The molecule has 0 amide bonds. The topological polar surface area (TPSA) is 29.0 Å². The monoisotopic (exact) mass is 183 g/mol. The van der Waals surface area contributed by atoms with E-state index in [1.807, 2.05) is 6.20 Å². The van der Waals surface area contributed by atoms with Crippen LogP contribution in [0.15, 0.2) is 12.5 Å². The number of thiol groups is 1. The fourth-order valence-corrected chi connectivity index (χ4v) is 1.26. The molecule has 0 bridgehead atoms. The van der Waals surface area contributed by atoms with E-state index in [1.165, 1.54) is 11.3 Å². The molecular weight excluding hydrogens is 170 g/mol. The first-order chi connectivity index (χ1) is 5.86. The van der Waals surface area contributed by atoms with E-state index >= 15 is 0 Å². The Balaban J connectivity index is 0.000000336. The fourth-order valence-electron chi connectivity index (χ4n) is 1.26. The molecule has 4 heteroatoms. The highest BCUT2D eigenvalue weighted by Crippen LogP contribution is 2.16. The maximum atomic E-state index is 4.16. The third kappa shape index (κ3) is 1.95. The number of fused-ring (bicyclic) bond motifs is 1. The molecule has 0 aromatic carbocycles. The molecule has 1 aromatic heterocycles. The van der Waals surface area contributed by atoms with Crippen LogP contribution in [0, 0.1) is 0 Å². The molecule has 0 saturated heterocycles. The van der Waals surface area contributed by atoms with Crippen molar-refractivity contribution in [3.63, 3.8) is 0 Å². The second kappa shape index (κ2) is 4.42. The van der Waals surface area contributed by atoms with E-state index in [-0.39, 0.29) is 0 Å². The Bertz CT molecular complexity index is 227. The third-order valence-corrected chi connectivity index (χ3v) is 1.74. The summed E-state index contributed by atoms with van der Waals surface area (Å²) >= 11 is 3.53. The second-order valence-corrected chi connectivity index (χ2v) is 2.67. The summed E-state index contributed by atoms with van der Waals surface area (Å²) in [5.41, 5.74) is 2.45. The minimum atomic E-state index is 0.970. The summed E-state index contributed by atoms with van der Waals surface area (Å²) in [6, 6.07) is 0. The summed E-state index contributed by atoms with van der Waals surface area (Å²) < 4.78 is 0. The zero-order valence-electron chi connectivity index (χ0n) is 7.36. The SMILES string of the molecule is CN1Cc2cncnc2C1.CS. The van der Waals surface area contributed by atoms with Crippen molar-refractivity contribution in [3.05, 3.63) is 23.8 Å². The molecule has 1 aliphatic rings. The Hall–Kier alpha value is -0.610. The van der Waals surface area contributed by atoms with Gasteiger partial charge in [-0.3, -0.25) is 4.90 Å². The first-order valence-corrected chi connectivity index (χ1v) is 4.67. The predicted molar refractivity (Wildman–Crippen MR) is 52.1 cm³/mol. The molecule has 2 rings (SSSR count). The zero-order chi connectivity index (χ0) is 8.97. The average molecular weight is 183 g/mol. The minimum Gasteiger partial charge on any atom is -0.296 e. The lowest BCUT2D eigenvalue weighted by Gasteiger charge is -2.01. The van der Waals surface area contributed by atoms with E-state index in [0.29, 0.717) is 0 Å². The molecule has 0 N–H and O–H groups in total. The summed E-state index contributed by atoms with van der Waals surface area (Å²) in [5.74, 6) is 0. The average Bonchev–Trinajstić information content (AvgIpc) is 2.48. The summed E-state index contributed by atoms with van der Waals surface area (Å²) in [7, 11) is 2.08. The Morgan fingerprint density at radius 2 is 2.17 bits per heavy atom. The van der Waals surface area contributed by atoms with Gasteiger partial charge in [0.2, 0.25) is 0 Å². The van der Waals surface area contributed by atoms with Crippen LogP contribution in [0.25, 0.3) is 0 Å². The van der Waals surface area contributed by atoms with Crippen molar-refractivity contribution in [2.45, 2.75) is 13.1 Å². The van der Waals surface area contributed by atoms with Gasteiger partial charge in [0.05, 0.1) is 5.69 Å². The molecule has 0 unspecified atom stereocenters. The van der Waals surface area contributed by atoms with Gasteiger partial charge in [-0.1, -0.05) is 0 Å². The normalized spacial score (nSPS) is 14.9. The number of nitrogens with zero attached hydrogens (tertiary/aromatic N) is 3. The standard InChI is InChI=1S/C7H9N3.CH4S/c1-10-3-6-2-8-5-9-7(6)4-10;1-2/h2,5H,3-4H2,1H3;2H,1H3. The largest absolute Gasteiger partial charge is 0.296 e. The van der Waals surface area contributed by atoms with Gasteiger partial charge < -0.3 is 0 Å². The maximum absolute atomic E-state index is 4.16. The number of aromatic nitrogens is 2. The fraction of sp³-hybridized carbons (Fsp3) is 0.500. The minimum absolute atomic E-state index is 0.970. The molecule has 0 radical (unpaired) electrons. The Morgan fingerprint density at radius 3 is 2.83 bits per heavy atom. The van der Waals surface area contributed by atoms with Crippen molar-refractivity contribution < 1.29 is 0 Å². The van der Waals surface area contributed by atoms with E-state index in [9.17, 15) is 0 Å². The van der Waals surface area contributed by atoms with Crippen molar-refractivity contribution in [2.24, 2.45) is 0 Å². The van der Waals surface area contributed by atoms with Gasteiger partial charge in [-0.05, 0) is 13.3 Å². The van der Waals surface area contributed by atoms with Gasteiger partial charge in [0, 0.05) is 24.8 Å². The Kier molecular flexibility index (Phi) is 3.49. The predicted octanol–water partition coefficient (Wildman–Crippen LogP) is 0.968. The lowest BCUT2D eigenvalue weighted by atomic mass is 10.3. The van der Waals surface area contributed by atoms with Crippen LogP contribution in [0.5, 0.6) is 0 Å². The number of hydrogen-bond acceptors (Lipinski definition) is 4. The summed E-state index contributed by atoms with van der Waals surface area (Å²) in [4.78, 5) is 10.3. The summed E-state index contributed by atoms with van der Waals surface area (Å²) in [5, 5.41) is 0. The van der Waals surface area contributed by atoms with Crippen LogP contribution in [0.1, 0.15) is 11.3 Å². The van der Waals surface area contributed by atoms with Gasteiger partial charge in [0.1, 0.15) is 6.33 Å². The summed E-state index contributed by atoms with van der Waals surface area (Å²) in [6.07, 6.45) is 5.20. The van der Waals surface area contributed by atoms with Gasteiger partial charge in [0.15, 0.2) is 0 Å². The highest BCUT2D eigenvalue weighted by atomic mass is 32.1. The number of hydrogen-bond donors (Lipinski definition) is 1. The van der Waals surface area contributed by atoms with E-state index in [4.69, 9.17) is 0 Å². The van der Waals surface area contributed by atoms with Crippen molar-refractivity contribution in [3.8, 4) is 0 Å². The maximum Gasteiger partial charge on any atom is 0.115 e. The van der Waals surface area contributed by atoms with Crippen LogP contribution in [-0.4, -0.2) is 28.2 Å². The van der Waals surface area contributed by atoms with Crippen LogP contribution >= 0.6 is 12.6 Å². The quantitative estimate of drug-likeness (QED) is 0.608. The van der Waals surface area contributed by atoms with Gasteiger partial charge >= 0.3 is 0 Å². The molecule has 0 spiro atoms. The second-order valence-electron chi connectivity index (χ2n) is 2.67. The molecule has 1 aromatic rings. The zero-order valence-corrected chi connectivity index (χ0v) is 8.25. The van der Waals surface area contributed by atoms with E-state index in [0.717, 1.165) is 13.1 Å². The molecule has 66 valence electrons. The molecule has 1 aliphatic heterocycles. The van der Waals surface area contributed by atoms with Crippen molar-refractivity contribution in [1.29, 1.82) is 0 Å². The first kappa shape index (κ1) is 9.48. The van der Waals surface area contributed by atoms with Crippen molar-refractivity contribution in [2.75, 3.05) is 13.3 Å². The van der Waals surface area contributed by atoms with E-state index in [1.54, 1.807) is 12.6 Å². The number of rotatable bonds is 0. The van der Waals surface area contributed by atoms with Crippen LogP contribution < -0.4 is 0 Å².